The predicted molar refractivity (Wildman–Crippen MR) is 84.3 cm³/mol. The van der Waals surface area contributed by atoms with E-state index in [2.05, 4.69) is 4.74 Å². The Hall–Kier alpha value is -2.37. The number of nitrogens with zero attached hydrogens (tertiary/aromatic N) is 2. The number of methoxy groups -OCH3 is 1. The van der Waals surface area contributed by atoms with Gasteiger partial charge in [0.15, 0.2) is 0 Å². The summed E-state index contributed by atoms with van der Waals surface area (Å²) in [6.45, 7) is 2.95. The highest BCUT2D eigenvalue weighted by molar-refractivity contribution is 5.88. The van der Waals surface area contributed by atoms with Crippen molar-refractivity contribution in [1.82, 2.24) is 9.80 Å². The molecule has 0 saturated carbocycles. The summed E-state index contributed by atoms with van der Waals surface area (Å²) < 4.78 is 4.63. The minimum absolute atomic E-state index is 0.112. The number of esters is 1. The number of carbonyl (C=O) groups is 3. The van der Waals surface area contributed by atoms with E-state index in [4.69, 9.17) is 0 Å². The first-order valence-corrected chi connectivity index (χ1v) is 7.69. The summed E-state index contributed by atoms with van der Waals surface area (Å²) in [5.74, 6) is -0.631. The van der Waals surface area contributed by atoms with Crippen molar-refractivity contribution in [2.75, 3.05) is 20.2 Å². The van der Waals surface area contributed by atoms with Crippen LogP contribution < -0.4 is 0 Å². The summed E-state index contributed by atoms with van der Waals surface area (Å²) >= 11 is 0. The lowest BCUT2D eigenvalue weighted by Crippen LogP contribution is -2.58. The molecule has 6 nitrogen and oxygen atoms in total. The van der Waals surface area contributed by atoms with Gasteiger partial charge >= 0.3 is 5.97 Å². The molecule has 6 heteroatoms. The smallest absolute Gasteiger partial charge is 0.305 e. The zero-order valence-corrected chi connectivity index (χ0v) is 13.5. The van der Waals surface area contributed by atoms with Crippen LogP contribution in [0.15, 0.2) is 30.3 Å². The number of amides is 2. The highest BCUT2D eigenvalue weighted by Gasteiger charge is 2.36. The fraction of sp³-hybridized carbons (Fsp3) is 0.471. The highest BCUT2D eigenvalue weighted by atomic mass is 16.5. The summed E-state index contributed by atoms with van der Waals surface area (Å²) in [4.78, 5) is 39.2. The Morgan fingerprint density at radius 3 is 2.52 bits per heavy atom. The van der Waals surface area contributed by atoms with Crippen molar-refractivity contribution in [1.29, 1.82) is 0 Å². The Kier molecular flexibility index (Phi) is 5.73. The first-order chi connectivity index (χ1) is 11.0. The molecule has 1 atom stereocenters. The molecule has 2 rings (SSSR count). The number of ether oxygens (including phenoxy) is 1. The summed E-state index contributed by atoms with van der Waals surface area (Å²) in [5.41, 5.74) is 1.05. The lowest BCUT2D eigenvalue weighted by Gasteiger charge is -2.40. The number of hydrogen-bond acceptors (Lipinski definition) is 4. The van der Waals surface area contributed by atoms with Gasteiger partial charge in [0, 0.05) is 33.0 Å². The first-order valence-electron chi connectivity index (χ1n) is 7.69. The molecule has 124 valence electrons. The molecule has 1 aliphatic rings. The van der Waals surface area contributed by atoms with Crippen LogP contribution in [0.2, 0.25) is 0 Å². The molecule has 0 bridgehead atoms. The van der Waals surface area contributed by atoms with Crippen LogP contribution in [0.25, 0.3) is 0 Å². The van der Waals surface area contributed by atoms with E-state index in [1.807, 2.05) is 30.3 Å². The van der Waals surface area contributed by atoms with Crippen LogP contribution in [0.1, 0.15) is 25.3 Å². The van der Waals surface area contributed by atoms with Gasteiger partial charge in [-0.1, -0.05) is 30.3 Å². The third kappa shape index (κ3) is 4.31. The van der Waals surface area contributed by atoms with Gasteiger partial charge in [-0.2, -0.15) is 0 Å². The molecular formula is C17H22N2O4. The molecule has 0 N–H and O–H groups in total. The first kappa shape index (κ1) is 17.0. The van der Waals surface area contributed by atoms with Gasteiger partial charge in [-0.3, -0.25) is 14.4 Å². The zero-order valence-electron chi connectivity index (χ0n) is 13.5. The monoisotopic (exact) mass is 318 g/mol. The van der Waals surface area contributed by atoms with E-state index in [1.165, 1.54) is 14.0 Å². The molecule has 1 heterocycles. The maximum absolute atomic E-state index is 12.7. The van der Waals surface area contributed by atoms with Crippen LogP contribution in [0, 0.1) is 0 Å². The normalized spacial score (nSPS) is 18.0. The minimum atomic E-state index is -0.593. The second kappa shape index (κ2) is 7.76. The van der Waals surface area contributed by atoms with Crippen LogP contribution in [-0.2, 0) is 25.7 Å². The van der Waals surface area contributed by atoms with E-state index in [9.17, 15) is 14.4 Å². The van der Waals surface area contributed by atoms with E-state index in [0.717, 1.165) is 5.56 Å². The van der Waals surface area contributed by atoms with Crippen molar-refractivity contribution >= 4 is 17.8 Å². The molecule has 0 spiro atoms. The fourth-order valence-electron chi connectivity index (χ4n) is 2.81. The molecule has 0 radical (unpaired) electrons. The van der Waals surface area contributed by atoms with Crippen molar-refractivity contribution in [2.45, 2.75) is 32.4 Å². The summed E-state index contributed by atoms with van der Waals surface area (Å²) in [7, 11) is 1.31. The molecule has 1 saturated heterocycles. The van der Waals surface area contributed by atoms with Gasteiger partial charge in [0.2, 0.25) is 11.8 Å². The average molecular weight is 318 g/mol. The predicted octanol–water partition coefficient (Wildman–Crippen LogP) is 1.20. The molecule has 0 aromatic heterocycles. The maximum atomic E-state index is 12.7. The highest BCUT2D eigenvalue weighted by Crippen LogP contribution is 2.19. The van der Waals surface area contributed by atoms with Gasteiger partial charge in [-0.15, -0.1) is 0 Å². The average Bonchev–Trinajstić information content (AvgIpc) is 2.55. The van der Waals surface area contributed by atoms with Crippen molar-refractivity contribution in [2.24, 2.45) is 0 Å². The Morgan fingerprint density at radius 1 is 1.22 bits per heavy atom. The standard InChI is InChI=1S/C17H22N2O4/c1-13(20)19-11-10-18(12-14-6-4-3-5-7-14)17(22)15(19)8-9-16(21)23-2/h3-7,15H,8-12H2,1-2H3/t15-/m0/s1. The van der Waals surface area contributed by atoms with Crippen LogP contribution >= 0.6 is 0 Å². The molecule has 0 unspecified atom stereocenters. The van der Waals surface area contributed by atoms with Gasteiger partial charge in [-0.25, -0.2) is 0 Å². The summed E-state index contributed by atoms with van der Waals surface area (Å²) in [6, 6.07) is 9.13. The Morgan fingerprint density at radius 2 is 1.91 bits per heavy atom. The van der Waals surface area contributed by atoms with Crippen molar-refractivity contribution in [3.05, 3.63) is 35.9 Å². The van der Waals surface area contributed by atoms with Crippen molar-refractivity contribution < 1.29 is 19.1 Å². The summed E-state index contributed by atoms with van der Waals surface area (Å²) in [5, 5.41) is 0. The lowest BCUT2D eigenvalue weighted by atomic mass is 10.0. The lowest BCUT2D eigenvalue weighted by molar-refractivity contribution is -0.152. The number of hydrogen-bond donors (Lipinski definition) is 0. The quantitative estimate of drug-likeness (QED) is 0.765. The van der Waals surface area contributed by atoms with Crippen molar-refractivity contribution in [3.63, 3.8) is 0 Å². The number of piperazine rings is 1. The SMILES string of the molecule is COC(=O)CC[C@H]1C(=O)N(Cc2ccccc2)CCN1C(C)=O. The van der Waals surface area contributed by atoms with Crippen LogP contribution in [-0.4, -0.2) is 53.8 Å². The van der Waals surface area contributed by atoms with Gasteiger partial charge in [-0.05, 0) is 12.0 Å². The van der Waals surface area contributed by atoms with Gasteiger partial charge in [0.25, 0.3) is 0 Å². The third-order valence-electron chi connectivity index (χ3n) is 4.05. The van der Waals surface area contributed by atoms with E-state index < -0.39 is 6.04 Å². The van der Waals surface area contributed by atoms with Gasteiger partial charge in [0.1, 0.15) is 6.04 Å². The molecule has 2 amide bonds. The molecule has 1 aromatic carbocycles. The Bertz CT molecular complexity index is 573. The van der Waals surface area contributed by atoms with E-state index in [0.29, 0.717) is 19.6 Å². The number of rotatable bonds is 5. The van der Waals surface area contributed by atoms with E-state index >= 15 is 0 Å². The largest absolute Gasteiger partial charge is 0.469 e. The van der Waals surface area contributed by atoms with Gasteiger partial charge < -0.3 is 14.5 Å². The summed E-state index contributed by atoms with van der Waals surface area (Å²) in [6.07, 6.45) is 0.409. The molecule has 1 aliphatic heterocycles. The van der Waals surface area contributed by atoms with E-state index in [-0.39, 0.29) is 30.6 Å². The van der Waals surface area contributed by atoms with Crippen LogP contribution in [0.3, 0.4) is 0 Å². The second-order valence-electron chi connectivity index (χ2n) is 5.59. The fourth-order valence-corrected chi connectivity index (χ4v) is 2.81. The van der Waals surface area contributed by atoms with Crippen LogP contribution in [0.5, 0.6) is 0 Å². The third-order valence-corrected chi connectivity index (χ3v) is 4.05. The van der Waals surface area contributed by atoms with E-state index in [1.54, 1.807) is 9.80 Å². The topological polar surface area (TPSA) is 66.9 Å². The molecule has 0 aliphatic carbocycles. The zero-order chi connectivity index (χ0) is 16.8. The Balaban J connectivity index is 2.08. The maximum Gasteiger partial charge on any atom is 0.305 e. The second-order valence-corrected chi connectivity index (χ2v) is 5.59. The molecule has 23 heavy (non-hydrogen) atoms. The minimum Gasteiger partial charge on any atom is -0.469 e. The molecular weight excluding hydrogens is 296 g/mol. The number of carbonyl (C=O) groups excluding carboxylic acids is 3. The van der Waals surface area contributed by atoms with Crippen molar-refractivity contribution in [3.8, 4) is 0 Å². The molecule has 1 fully saturated rings. The van der Waals surface area contributed by atoms with Gasteiger partial charge in [0.05, 0.1) is 7.11 Å². The molecule has 1 aromatic rings. The van der Waals surface area contributed by atoms with Crippen LogP contribution in [0.4, 0.5) is 0 Å². The Labute approximate surface area is 136 Å². The number of benzene rings is 1.